The molecule has 0 heterocycles. The summed E-state index contributed by atoms with van der Waals surface area (Å²) >= 11 is 5.61. The number of halogens is 2. The Kier molecular flexibility index (Phi) is 3.55. The first-order valence-corrected chi connectivity index (χ1v) is 4.38. The van der Waals surface area contributed by atoms with Crippen LogP contribution in [0.15, 0.2) is 6.07 Å². The predicted molar refractivity (Wildman–Crippen MR) is 52.4 cm³/mol. The summed E-state index contributed by atoms with van der Waals surface area (Å²) in [4.78, 5) is 0. The number of phenolic OH excluding ortho intramolecular Hbond substituents is 1. The van der Waals surface area contributed by atoms with Crippen LogP contribution >= 0.6 is 11.6 Å². The summed E-state index contributed by atoms with van der Waals surface area (Å²) in [5, 5.41) is 12.0. The molecule has 0 aliphatic carbocycles. The van der Waals surface area contributed by atoms with Gasteiger partial charge >= 0.3 is 0 Å². The van der Waals surface area contributed by atoms with E-state index in [-0.39, 0.29) is 10.8 Å². The van der Waals surface area contributed by atoms with Gasteiger partial charge < -0.3 is 15.2 Å². The molecule has 0 aliphatic heterocycles. The SMILES string of the molecule is CNCc1cc(Cl)c(O)c(F)c1OC. The summed E-state index contributed by atoms with van der Waals surface area (Å²) in [6, 6.07) is 1.47. The van der Waals surface area contributed by atoms with Crippen molar-refractivity contribution in [2.24, 2.45) is 0 Å². The standard InChI is InChI=1S/C9H11ClFNO2/c1-12-4-5-3-6(10)8(13)7(11)9(5)14-2/h3,12-13H,4H2,1-2H3. The van der Waals surface area contributed by atoms with Crippen LogP contribution in [0.4, 0.5) is 4.39 Å². The van der Waals surface area contributed by atoms with Crippen LogP contribution in [0.3, 0.4) is 0 Å². The summed E-state index contributed by atoms with van der Waals surface area (Å²) < 4.78 is 18.2. The van der Waals surface area contributed by atoms with E-state index in [4.69, 9.17) is 16.3 Å². The third-order valence-corrected chi connectivity index (χ3v) is 2.09. The summed E-state index contributed by atoms with van der Waals surface area (Å²) in [5.41, 5.74) is 0.565. The van der Waals surface area contributed by atoms with Gasteiger partial charge in [0.1, 0.15) is 0 Å². The maximum atomic E-state index is 13.4. The zero-order valence-electron chi connectivity index (χ0n) is 7.90. The first-order chi connectivity index (χ1) is 6.61. The maximum absolute atomic E-state index is 13.4. The highest BCUT2D eigenvalue weighted by atomic mass is 35.5. The third kappa shape index (κ3) is 1.91. The second kappa shape index (κ2) is 4.48. The Hall–Kier alpha value is -1.00. The van der Waals surface area contributed by atoms with Crippen molar-refractivity contribution in [1.82, 2.24) is 5.32 Å². The van der Waals surface area contributed by atoms with Crippen LogP contribution in [0, 0.1) is 5.82 Å². The van der Waals surface area contributed by atoms with E-state index in [1.54, 1.807) is 7.05 Å². The fourth-order valence-corrected chi connectivity index (χ4v) is 1.40. The average Bonchev–Trinajstić information content (AvgIpc) is 2.16. The van der Waals surface area contributed by atoms with Crippen LogP contribution in [0.1, 0.15) is 5.56 Å². The molecule has 5 heteroatoms. The first-order valence-electron chi connectivity index (χ1n) is 4.00. The van der Waals surface area contributed by atoms with Gasteiger partial charge in [-0.2, -0.15) is 4.39 Å². The quantitative estimate of drug-likeness (QED) is 0.816. The van der Waals surface area contributed by atoms with Gasteiger partial charge in [-0.3, -0.25) is 0 Å². The van der Waals surface area contributed by atoms with Gasteiger partial charge in [-0.05, 0) is 13.1 Å². The number of phenols is 1. The van der Waals surface area contributed by atoms with Crippen LogP contribution in [-0.4, -0.2) is 19.3 Å². The van der Waals surface area contributed by atoms with Gasteiger partial charge in [-0.1, -0.05) is 11.6 Å². The maximum Gasteiger partial charge on any atom is 0.208 e. The molecule has 1 aromatic carbocycles. The van der Waals surface area contributed by atoms with E-state index in [9.17, 15) is 9.50 Å². The van der Waals surface area contributed by atoms with Crippen molar-refractivity contribution in [3.63, 3.8) is 0 Å². The largest absolute Gasteiger partial charge is 0.504 e. The van der Waals surface area contributed by atoms with Crippen molar-refractivity contribution in [3.05, 3.63) is 22.5 Å². The smallest absolute Gasteiger partial charge is 0.208 e. The monoisotopic (exact) mass is 219 g/mol. The molecular formula is C9H11ClFNO2. The third-order valence-electron chi connectivity index (χ3n) is 1.80. The summed E-state index contributed by atoms with van der Waals surface area (Å²) in [5.74, 6) is -1.39. The Bertz CT molecular complexity index is 344. The highest BCUT2D eigenvalue weighted by Crippen LogP contribution is 2.35. The number of aromatic hydroxyl groups is 1. The van der Waals surface area contributed by atoms with E-state index in [0.29, 0.717) is 12.1 Å². The van der Waals surface area contributed by atoms with E-state index in [1.165, 1.54) is 13.2 Å². The van der Waals surface area contributed by atoms with E-state index in [0.717, 1.165) is 0 Å². The molecule has 14 heavy (non-hydrogen) atoms. The van der Waals surface area contributed by atoms with Gasteiger partial charge in [-0.25, -0.2) is 0 Å². The van der Waals surface area contributed by atoms with Crippen molar-refractivity contribution in [2.45, 2.75) is 6.54 Å². The lowest BCUT2D eigenvalue weighted by Gasteiger charge is -2.11. The van der Waals surface area contributed by atoms with Crippen molar-refractivity contribution in [1.29, 1.82) is 0 Å². The highest BCUT2D eigenvalue weighted by molar-refractivity contribution is 6.32. The van der Waals surface area contributed by atoms with Crippen LogP contribution < -0.4 is 10.1 Å². The van der Waals surface area contributed by atoms with Crippen LogP contribution in [0.5, 0.6) is 11.5 Å². The number of methoxy groups -OCH3 is 1. The van der Waals surface area contributed by atoms with Gasteiger partial charge in [0.25, 0.3) is 0 Å². The molecule has 3 nitrogen and oxygen atoms in total. The lowest BCUT2D eigenvalue weighted by atomic mass is 10.1. The van der Waals surface area contributed by atoms with Gasteiger partial charge in [0.05, 0.1) is 12.1 Å². The van der Waals surface area contributed by atoms with Gasteiger partial charge in [0.15, 0.2) is 11.5 Å². The lowest BCUT2D eigenvalue weighted by molar-refractivity contribution is 0.359. The molecule has 2 N–H and O–H groups in total. The number of hydrogen-bond donors (Lipinski definition) is 2. The molecule has 0 radical (unpaired) electrons. The summed E-state index contributed by atoms with van der Waals surface area (Å²) in [6.07, 6.45) is 0. The number of ether oxygens (including phenoxy) is 1. The topological polar surface area (TPSA) is 41.5 Å². The molecule has 0 aliphatic rings. The fraction of sp³-hybridized carbons (Fsp3) is 0.333. The molecule has 0 bridgehead atoms. The van der Waals surface area contributed by atoms with Crippen LogP contribution in [-0.2, 0) is 6.54 Å². The van der Waals surface area contributed by atoms with Crippen molar-refractivity contribution >= 4 is 11.6 Å². The van der Waals surface area contributed by atoms with Gasteiger partial charge in [0, 0.05) is 12.1 Å². The Labute approximate surface area is 86.5 Å². The number of benzene rings is 1. The summed E-state index contributed by atoms with van der Waals surface area (Å²) in [6.45, 7) is 0.417. The molecule has 0 atom stereocenters. The zero-order chi connectivity index (χ0) is 10.7. The Morgan fingerprint density at radius 2 is 2.29 bits per heavy atom. The number of rotatable bonds is 3. The molecule has 0 saturated carbocycles. The van der Waals surface area contributed by atoms with Crippen LogP contribution in [0.2, 0.25) is 5.02 Å². The molecule has 0 unspecified atom stereocenters. The molecule has 0 amide bonds. The molecule has 1 aromatic rings. The van der Waals surface area contributed by atoms with Crippen molar-refractivity contribution in [3.8, 4) is 11.5 Å². The van der Waals surface area contributed by atoms with Gasteiger partial charge in [0.2, 0.25) is 5.82 Å². The fourth-order valence-electron chi connectivity index (χ4n) is 1.18. The Balaban J connectivity index is 3.28. The molecule has 1 rings (SSSR count). The Morgan fingerprint density at radius 1 is 1.64 bits per heavy atom. The number of nitrogens with one attached hydrogen (secondary N) is 1. The predicted octanol–water partition coefficient (Wildman–Crippen LogP) is 1.91. The second-order valence-corrected chi connectivity index (χ2v) is 3.15. The minimum absolute atomic E-state index is 0.0150. The lowest BCUT2D eigenvalue weighted by Crippen LogP contribution is -2.07. The minimum atomic E-state index is -0.828. The Morgan fingerprint density at radius 3 is 2.79 bits per heavy atom. The van der Waals surface area contributed by atoms with E-state index < -0.39 is 11.6 Å². The minimum Gasteiger partial charge on any atom is -0.504 e. The van der Waals surface area contributed by atoms with Crippen molar-refractivity contribution in [2.75, 3.05) is 14.2 Å². The summed E-state index contributed by atoms with van der Waals surface area (Å²) in [7, 11) is 3.06. The molecular weight excluding hydrogens is 209 g/mol. The molecule has 0 saturated heterocycles. The average molecular weight is 220 g/mol. The first kappa shape index (κ1) is 11.1. The van der Waals surface area contributed by atoms with E-state index >= 15 is 0 Å². The zero-order valence-corrected chi connectivity index (χ0v) is 8.65. The van der Waals surface area contributed by atoms with Crippen molar-refractivity contribution < 1.29 is 14.2 Å². The second-order valence-electron chi connectivity index (χ2n) is 2.74. The number of hydrogen-bond acceptors (Lipinski definition) is 3. The van der Waals surface area contributed by atoms with Gasteiger partial charge in [-0.15, -0.1) is 0 Å². The van der Waals surface area contributed by atoms with E-state index in [1.807, 2.05) is 0 Å². The van der Waals surface area contributed by atoms with Crippen LogP contribution in [0.25, 0.3) is 0 Å². The molecule has 78 valence electrons. The molecule has 0 fully saturated rings. The molecule has 0 aromatic heterocycles. The normalized spacial score (nSPS) is 10.3. The van der Waals surface area contributed by atoms with E-state index in [2.05, 4.69) is 5.32 Å². The molecule has 0 spiro atoms. The highest BCUT2D eigenvalue weighted by Gasteiger charge is 2.16.